The molecule has 0 aliphatic carbocycles. The average Bonchev–Trinajstić information content (AvgIpc) is 2.99. The lowest BCUT2D eigenvalue weighted by atomic mass is 10.1. The number of carbonyl (C=O) groups is 3. The number of Topliss-reactive ketones (excluding diaryl/α,β-unsaturated/α-hetero) is 1. The van der Waals surface area contributed by atoms with Crippen LogP contribution in [0.15, 0.2) is 18.2 Å². The molecular weight excluding hydrogens is 374 g/mol. The van der Waals surface area contributed by atoms with Crippen LogP contribution < -0.4 is 14.8 Å². The van der Waals surface area contributed by atoms with Crippen molar-refractivity contribution in [1.82, 2.24) is 9.88 Å². The van der Waals surface area contributed by atoms with E-state index in [1.54, 1.807) is 39.0 Å². The minimum Gasteiger partial charge on any atom is -0.486 e. The molecule has 2 aromatic rings. The molecule has 154 valence electrons. The number of fused-ring (bicyclic) bond motifs is 1. The van der Waals surface area contributed by atoms with Crippen molar-refractivity contribution in [3.05, 3.63) is 40.7 Å². The predicted molar refractivity (Wildman–Crippen MR) is 108 cm³/mol. The SMILES string of the molecule is CCN(CC(=O)Nc1ccc2c(c1)OCCO2)C(=O)c1[nH]c(C)c(C(C)=O)c1C. The Morgan fingerprint density at radius 3 is 2.45 bits per heavy atom. The summed E-state index contributed by atoms with van der Waals surface area (Å²) < 4.78 is 11.0. The summed E-state index contributed by atoms with van der Waals surface area (Å²) in [6, 6.07) is 5.16. The van der Waals surface area contributed by atoms with E-state index in [2.05, 4.69) is 10.3 Å². The lowest BCUT2D eigenvalue weighted by Gasteiger charge is -2.21. The minimum atomic E-state index is -0.329. The van der Waals surface area contributed by atoms with Gasteiger partial charge in [0.1, 0.15) is 25.5 Å². The van der Waals surface area contributed by atoms with Gasteiger partial charge in [-0.1, -0.05) is 0 Å². The Kier molecular flexibility index (Phi) is 5.91. The highest BCUT2D eigenvalue weighted by atomic mass is 16.6. The Hall–Kier alpha value is -3.29. The fourth-order valence-corrected chi connectivity index (χ4v) is 3.47. The number of anilines is 1. The second-order valence-electron chi connectivity index (χ2n) is 6.91. The van der Waals surface area contributed by atoms with Gasteiger partial charge in [0.15, 0.2) is 17.3 Å². The van der Waals surface area contributed by atoms with Crippen LogP contribution in [0.25, 0.3) is 0 Å². The summed E-state index contributed by atoms with van der Waals surface area (Å²) in [7, 11) is 0. The molecule has 1 aliphatic heterocycles. The van der Waals surface area contributed by atoms with Gasteiger partial charge in [-0.25, -0.2) is 0 Å². The number of amides is 2. The Morgan fingerprint density at radius 2 is 1.83 bits per heavy atom. The van der Waals surface area contributed by atoms with Crippen molar-refractivity contribution < 1.29 is 23.9 Å². The fourth-order valence-electron chi connectivity index (χ4n) is 3.47. The normalized spacial score (nSPS) is 12.4. The first-order valence-corrected chi connectivity index (χ1v) is 9.50. The highest BCUT2D eigenvalue weighted by Gasteiger charge is 2.24. The van der Waals surface area contributed by atoms with Crippen molar-refractivity contribution in [1.29, 1.82) is 0 Å². The highest BCUT2D eigenvalue weighted by Crippen LogP contribution is 2.32. The molecule has 0 saturated carbocycles. The second-order valence-corrected chi connectivity index (χ2v) is 6.91. The van der Waals surface area contributed by atoms with Crippen LogP contribution in [0.3, 0.4) is 0 Å². The molecule has 2 N–H and O–H groups in total. The first-order valence-electron chi connectivity index (χ1n) is 9.50. The fraction of sp³-hybridized carbons (Fsp3) is 0.381. The third-order valence-corrected chi connectivity index (χ3v) is 4.83. The van der Waals surface area contributed by atoms with Gasteiger partial charge in [-0.3, -0.25) is 14.4 Å². The number of carbonyl (C=O) groups excluding carboxylic acids is 3. The average molecular weight is 399 g/mol. The predicted octanol–water partition coefficient (Wildman–Crippen LogP) is 2.71. The number of hydrogen-bond donors (Lipinski definition) is 2. The van der Waals surface area contributed by atoms with Crippen LogP contribution in [-0.4, -0.2) is 53.8 Å². The monoisotopic (exact) mass is 399 g/mol. The zero-order chi connectivity index (χ0) is 21.1. The number of hydrogen-bond acceptors (Lipinski definition) is 5. The van der Waals surface area contributed by atoms with Crippen LogP contribution in [-0.2, 0) is 4.79 Å². The van der Waals surface area contributed by atoms with Gasteiger partial charge < -0.3 is 24.7 Å². The number of aromatic nitrogens is 1. The quantitative estimate of drug-likeness (QED) is 0.728. The van der Waals surface area contributed by atoms with E-state index in [0.29, 0.717) is 59.5 Å². The number of ether oxygens (including phenoxy) is 2. The molecule has 0 unspecified atom stereocenters. The van der Waals surface area contributed by atoms with Crippen LogP contribution in [0.1, 0.15) is 46.0 Å². The molecule has 2 amide bonds. The Morgan fingerprint density at radius 1 is 1.14 bits per heavy atom. The van der Waals surface area contributed by atoms with Crippen molar-refractivity contribution in [3.63, 3.8) is 0 Å². The Bertz CT molecular complexity index is 963. The lowest BCUT2D eigenvalue weighted by Crippen LogP contribution is -2.38. The molecule has 29 heavy (non-hydrogen) atoms. The van der Waals surface area contributed by atoms with Crippen molar-refractivity contribution in [2.24, 2.45) is 0 Å². The molecule has 0 saturated heterocycles. The van der Waals surface area contributed by atoms with E-state index < -0.39 is 0 Å². The zero-order valence-corrected chi connectivity index (χ0v) is 17.0. The number of H-pyrrole nitrogens is 1. The van der Waals surface area contributed by atoms with E-state index in [0.717, 1.165) is 0 Å². The molecular formula is C21H25N3O5. The molecule has 8 heteroatoms. The molecule has 0 atom stereocenters. The van der Waals surface area contributed by atoms with Gasteiger partial charge in [-0.15, -0.1) is 0 Å². The molecule has 0 bridgehead atoms. The molecule has 3 rings (SSSR count). The largest absolute Gasteiger partial charge is 0.486 e. The van der Waals surface area contributed by atoms with E-state index >= 15 is 0 Å². The summed E-state index contributed by atoms with van der Waals surface area (Å²) in [6.45, 7) is 7.94. The van der Waals surface area contributed by atoms with Gasteiger partial charge >= 0.3 is 0 Å². The number of ketones is 1. The molecule has 1 aliphatic rings. The van der Waals surface area contributed by atoms with E-state index in [-0.39, 0.29) is 24.1 Å². The van der Waals surface area contributed by atoms with Gasteiger partial charge in [0, 0.05) is 29.6 Å². The van der Waals surface area contributed by atoms with E-state index in [1.165, 1.54) is 11.8 Å². The third-order valence-electron chi connectivity index (χ3n) is 4.83. The Balaban J connectivity index is 1.71. The standard InChI is InChI=1S/C21H25N3O5/c1-5-24(21(27)20-12(2)19(14(4)25)13(3)22-20)11-18(26)23-15-6-7-16-17(10-15)29-9-8-28-16/h6-7,10,22H,5,8-9,11H2,1-4H3,(H,23,26). The number of aryl methyl sites for hydroxylation is 1. The third kappa shape index (κ3) is 4.26. The van der Waals surface area contributed by atoms with Crippen LogP contribution >= 0.6 is 0 Å². The maximum atomic E-state index is 12.9. The number of aromatic amines is 1. The van der Waals surface area contributed by atoms with Gasteiger partial charge in [0.2, 0.25) is 5.91 Å². The van der Waals surface area contributed by atoms with Gasteiger partial charge in [0.05, 0.1) is 0 Å². The topological polar surface area (TPSA) is 101 Å². The van der Waals surface area contributed by atoms with Gasteiger partial charge in [-0.05, 0) is 45.4 Å². The maximum Gasteiger partial charge on any atom is 0.271 e. The summed E-state index contributed by atoms with van der Waals surface area (Å²) in [5.41, 5.74) is 2.67. The Labute approximate surface area is 169 Å². The van der Waals surface area contributed by atoms with E-state index in [1.807, 2.05) is 0 Å². The number of rotatable bonds is 6. The summed E-state index contributed by atoms with van der Waals surface area (Å²) in [5.74, 6) is 0.461. The summed E-state index contributed by atoms with van der Waals surface area (Å²) in [6.07, 6.45) is 0. The van der Waals surface area contributed by atoms with Gasteiger partial charge in [0.25, 0.3) is 5.91 Å². The van der Waals surface area contributed by atoms with Crippen molar-refractivity contribution in [2.45, 2.75) is 27.7 Å². The first-order chi connectivity index (χ1) is 13.8. The van der Waals surface area contributed by atoms with Gasteiger partial charge in [-0.2, -0.15) is 0 Å². The lowest BCUT2D eigenvalue weighted by molar-refractivity contribution is -0.116. The van der Waals surface area contributed by atoms with Crippen LogP contribution in [0.2, 0.25) is 0 Å². The summed E-state index contributed by atoms with van der Waals surface area (Å²) >= 11 is 0. The summed E-state index contributed by atoms with van der Waals surface area (Å²) in [5, 5.41) is 2.78. The van der Waals surface area contributed by atoms with Crippen molar-refractivity contribution >= 4 is 23.3 Å². The number of nitrogens with zero attached hydrogens (tertiary/aromatic N) is 1. The van der Waals surface area contributed by atoms with E-state index in [9.17, 15) is 14.4 Å². The molecule has 0 radical (unpaired) electrons. The molecule has 8 nitrogen and oxygen atoms in total. The molecule has 0 spiro atoms. The van der Waals surface area contributed by atoms with E-state index in [4.69, 9.17) is 9.47 Å². The second kappa shape index (κ2) is 8.38. The maximum absolute atomic E-state index is 12.9. The zero-order valence-electron chi connectivity index (χ0n) is 17.0. The number of nitrogens with one attached hydrogen (secondary N) is 2. The van der Waals surface area contributed by atoms with Crippen molar-refractivity contribution in [3.8, 4) is 11.5 Å². The number of likely N-dealkylation sites (N-methyl/N-ethyl adjacent to an activating group) is 1. The molecule has 0 fully saturated rings. The molecule has 1 aromatic carbocycles. The minimum absolute atomic E-state index is 0.102. The van der Waals surface area contributed by atoms with Crippen LogP contribution in [0, 0.1) is 13.8 Å². The number of benzene rings is 1. The molecule has 2 heterocycles. The first kappa shape index (κ1) is 20.4. The smallest absolute Gasteiger partial charge is 0.271 e. The van der Waals surface area contributed by atoms with Crippen LogP contribution in [0.4, 0.5) is 5.69 Å². The van der Waals surface area contributed by atoms with Crippen LogP contribution in [0.5, 0.6) is 11.5 Å². The molecule has 1 aromatic heterocycles. The summed E-state index contributed by atoms with van der Waals surface area (Å²) in [4.78, 5) is 41.7. The highest BCUT2D eigenvalue weighted by molar-refractivity contribution is 6.04. The van der Waals surface area contributed by atoms with Crippen molar-refractivity contribution in [2.75, 3.05) is 31.6 Å².